The predicted molar refractivity (Wildman–Crippen MR) is 91.1 cm³/mol. The number of aliphatic hydroxyl groups is 1. The van der Waals surface area contributed by atoms with Crippen LogP contribution in [-0.4, -0.2) is 36.0 Å². The highest BCUT2D eigenvalue weighted by molar-refractivity contribution is 6.34. The maximum atomic E-state index is 13.0. The van der Waals surface area contributed by atoms with Crippen molar-refractivity contribution in [3.8, 4) is 11.5 Å². The van der Waals surface area contributed by atoms with Crippen LogP contribution in [0.5, 0.6) is 11.5 Å². The van der Waals surface area contributed by atoms with E-state index in [9.17, 15) is 19.1 Å². The van der Waals surface area contributed by atoms with Crippen LogP contribution in [0.3, 0.4) is 0 Å². The largest absolute Gasteiger partial charge is 0.502 e. The number of amides is 2. The van der Waals surface area contributed by atoms with Crippen molar-refractivity contribution in [2.24, 2.45) is 0 Å². The van der Waals surface area contributed by atoms with E-state index in [-0.39, 0.29) is 12.1 Å². The smallest absolute Gasteiger partial charge is 0.296 e. The molecule has 134 valence electrons. The first-order valence-electron chi connectivity index (χ1n) is 7.72. The van der Waals surface area contributed by atoms with E-state index in [1.807, 2.05) is 0 Å². The first-order chi connectivity index (χ1) is 12.5. The minimum Gasteiger partial charge on any atom is -0.502 e. The minimum atomic E-state index is -0.802. The lowest BCUT2D eigenvalue weighted by Gasteiger charge is -2.15. The van der Waals surface area contributed by atoms with E-state index >= 15 is 0 Å². The summed E-state index contributed by atoms with van der Waals surface area (Å²) in [5, 5.41) is 10.2. The highest BCUT2D eigenvalue weighted by atomic mass is 19.1. The Morgan fingerprint density at radius 1 is 0.962 bits per heavy atom. The molecule has 6 nitrogen and oxygen atoms in total. The maximum Gasteiger partial charge on any atom is 0.296 e. The molecule has 7 heteroatoms. The molecule has 2 aromatic rings. The normalized spacial score (nSPS) is 14.2. The molecule has 0 spiro atoms. The number of ether oxygens (including phenoxy) is 2. The number of hydrogen-bond donors (Lipinski definition) is 1. The number of methoxy groups -OCH3 is 2. The molecule has 0 saturated carbocycles. The molecule has 1 aliphatic rings. The van der Waals surface area contributed by atoms with Gasteiger partial charge in [-0.25, -0.2) is 4.39 Å². The lowest BCUT2D eigenvalue weighted by molar-refractivity contribution is -0.138. The second kappa shape index (κ2) is 6.87. The molecule has 26 heavy (non-hydrogen) atoms. The number of hydrogen-bond acceptors (Lipinski definition) is 5. The molecule has 0 radical (unpaired) electrons. The van der Waals surface area contributed by atoms with Crippen LogP contribution in [-0.2, 0) is 16.1 Å². The van der Waals surface area contributed by atoms with Gasteiger partial charge >= 0.3 is 0 Å². The number of rotatable bonds is 5. The van der Waals surface area contributed by atoms with Crippen LogP contribution >= 0.6 is 0 Å². The number of halogens is 1. The van der Waals surface area contributed by atoms with Gasteiger partial charge in [0.05, 0.1) is 26.3 Å². The Hall–Kier alpha value is -3.35. The highest BCUT2D eigenvalue weighted by Gasteiger charge is 2.39. The van der Waals surface area contributed by atoms with Gasteiger partial charge < -0.3 is 14.6 Å². The van der Waals surface area contributed by atoms with Gasteiger partial charge in [-0.3, -0.25) is 14.5 Å². The summed E-state index contributed by atoms with van der Waals surface area (Å²) in [7, 11) is 2.92. The fourth-order valence-electron chi connectivity index (χ4n) is 2.73. The average Bonchev–Trinajstić information content (AvgIpc) is 2.86. The summed E-state index contributed by atoms with van der Waals surface area (Å²) in [5.41, 5.74) is 0.785. The second-order valence-corrected chi connectivity index (χ2v) is 5.62. The molecule has 2 aromatic carbocycles. The quantitative estimate of drug-likeness (QED) is 0.833. The van der Waals surface area contributed by atoms with Gasteiger partial charge in [0.15, 0.2) is 17.3 Å². The zero-order valence-corrected chi connectivity index (χ0v) is 14.2. The molecule has 0 fully saturated rings. The number of nitrogens with zero attached hydrogens (tertiary/aromatic N) is 1. The standard InChI is InChI=1S/C19H16FNO5/c1-25-14-8-5-12(9-15(14)26-2)16-17(22)19(24)21(18(16)23)10-11-3-6-13(20)7-4-11/h3-9,22H,10H2,1-2H3. The van der Waals surface area contributed by atoms with Crippen LogP contribution in [0.25, 0.3) is 5.57 Å². The van der Waals surface area contributed by atoms with E-state index in [1.165, 1.54) is 44.6 Å². The second-order valence-electron chi connectivity index (χ2n) is 5.62. The Bertz CT molecular complexity index is 905. The number of aliphatic hydroxyl groups excluding tert-OH is 1. The van der Waals surface area contributed by atoms with Gasteiger partial charge in [-0.1, -0.05) is 18.2 Å². The van der Waals surface area contributed by atoms with Crippen molar-refractivity contribution in [2.75, 3.05) is 14.2 Å². The number of imide groups is 1. The van der Waals surface area contributed by atoms with Gasteiger partial charge in [0.1, 0.15) is 5.82 Å². The molecular weight excluding hydrogens is 341 g/mol. The Morgan fingerprint density at radius 2 is 1.62 bits per heavy atom. The Kier molecular flexibility index (Phi) is 4.62. The summed E-state index contributed by atoms with van der Waals surface area (Å²) >= 11 is 0. The Labute approximate surface area is 149 Å². The van der Waals surface area contributed by atoms with E-state index in [4.69, 9.17) is 9.47 Å². The number of carbonyl (C=O) groups is 2. The average molecular weight is 357 g/mol. The lowest BCUT2D eigenvalue weighted by Crippen LogP contribution is -2.31. The third kappa shape index (κ3) is 2.99. The van der Waals surface area contributed by atoms with Crippen LogP contribution in [0, 0.1) is 5.82 Å². The third-order valence-corrected chi connectivity index (χ3v) is 4.07. The Balaban J connectivity index is 1.92. The SMILES string of the molecule is COc1ccc(C2=C(O)C(=O)N(Cc3ccc(F)cc3)C2=O)cc1OC. The lowest BCUT2D eigenvalue weighted by atomic mass is 10.0. The fraction of sp³-hybridized carbons (Fsp3) is 0.158. The van der Waals surface area contributed by atoms with Gasteiger partial charge in [-0.05, 0) is 35.4 Å². The summed E-state index contributed by atoms with van der Waals surface area (Å²) in [6.07, 6.45) is 0. The molecular formula is C19H16FNO5. The monoisotopic (exact) mass is 357 g/mol. The van der Waals surface area contributed by atoms with Crippen molar-refractivity contribution in [3.05, 3.63) is 65.2 Å². The molecule has 1 heterocycles. The zero-order valence-electron chi connectivity index (χ0n) is 14.2. The summed E-state index contributed by atoms with van der Waals surface area (Å²) in [6, 6.07) is 10.1. The summed E-state index contributed by atoms with van der Waals surface area (Å²) in [5.74, 6) is -1.67. The van der Waals surface area contributed by atoms with Crippen LogP contribution in [0.2, 0.25) is 0 Å². The van der Waals surface area contributed by atoms with Crippen molar-refractivity contribution >= 4 is 17.4 Å². The summed E-state index contributed by atoms with van der Waals surface area (Å²) < 4.78 is 23.3. The topological polar surface area (TPSA) is 76.1 Å². The molecule has 1 aliphatic heterocycles. The molecule has 3 rings (SSSR count). The molecule has 1 N–H and O–H groups in total. The molecule has 0 aromatic heterocycles. The summed E-state index contributed by atoms with van der Waals surface area (Å²) in [4.78, 5) is 25.9. The molecule has 2 amide bonds. The van der Waals surface area contributed by atoms with Gasteiger partial charge in [-0.2, -0.15) is 0 Å². The van der Waals surface area contributed by atoms with Gasteiger partial charge in [0.2, 0.25) is 0 Å². The van der Waals surface area contributed by atoms with E-state index < -0.39 is 23.4 Å². The van der Waals surface area contributed by atoms with E-state index in [2.05, 4.69) is 0 Å². The van der Waals surface area contributed by atoms with Gasteiger partial charge in [0, 0.05) is 0 Å². The first-order valence-corrected chi connectivity index (χ1v) is 7.72. The van der Waals surface area contributed by atoms with Crippen molar-refractivity contribution in [3.63, 3.8) is 0 Å². The molecule has 0 atom stereocenters. The van der Waals surface area contributed by atoms with Crippen LogP contribution in [0.15, 0.2) is 48.2 Å². The van der Waals surface area contributed by atoms with Crippen LogP contribution in [0.4, 0.5) is 4.39 Å². The zero-order chi connectivity index (χ0) is 18.8. The van der Waals surface area contributed by atoms with E-state index in [0.717, 1.165) is 4.90 Å². The van der Waals surface area contributed by atoms with Gasteiger partial charge in [0.25, 0.3) is 11.8 Å². The first kappa shape index (κ1) is 17.5. The molecule has 0 bridgehead atoms. The van der Waals surface area contributed by atoms with E-state index in [1.54, 1.807) is 12.1 Å². The highest BCUT2D eigenvalue weighted by Crippen LogP contribution is 2.34. The van der Waals surface area contributed by atoms with Crippen molar-refractivity contribution < 1.29 is 28.6 Å². The Morgan fingerprint density at radius 3 is 2.23 bits per heavy atom. The fourth-order valence-corrected chi connectivity index (χ4v) is 2.73. The van der Waals surface area contributed by atoms with Gasteiger partial charge in [-0.15, -0.1) is 0 Å². The number of benzene rings is 2. The van der Waals surface area contributed by atoms with Crippen molar-refractivity contribution in [2.45, 2.75) is 6.54 Å². The van der Waals surface area contributed by atoms with Crippen LogP contribution in [0.1, 0.15) is 11.1 Å². The van der Waals surface area contributed by atoms with Crippen molar-refractivity contribution in [1.29, 1.82) is 0 Å². The van der Waals surface area contributed by atoms with Crippen LogP contribution < -0.4 is 9.47 Å². The third-order valence-electron chi connectivity index (χ3n) is 4.07. The van der Waals surface area contributed by atoms with E-state index in [0.29, 0.717) is 22.6 Å². The molecule has 0 unspecified atom stereocenters. The molecule has 0 saturated heterocycles. The minimum absolute atomic E-state index is 0.0706. The number of carbonyl (C=O) groups excluding carboxylic acids is 2. The maximum absolute atomic E-state index is 13.0. The summed E-state index contributed by atoms with van der Waals surface area (Å²) in [6.45, 7) is -0.0706. The van der Waals surface area contributed by atoms with Crippen molar-refractivity contribution in [1.82, 2.24) is 4.90 Å². The molecule has 0 aliphatic carbocycles. The predicted octanol–water partition coefficient (Wildman–Crippen LogP) is 2.68.